The van der Waals surface area contributed by atoms with Gasteiger partial charge in [0.05, 0.1) is 0 Å². The van der Waals surface area contributed by atoms with E-state index in [1.165, 1.54) is 0 Å². The maximum atomic E-state index is 12.2. The number of ether oxygens (including phenoxy) is 1. The van der Waals surface area contributed by atoms with E-state index in [-0.39, 0.29) is 5.91 Å². The van der Waals surface area contributed by atoms with Crippen LogP contribution in [0, 0.1) is 6.92 Å². The lowest BCUT2D eigenvalue weighted by molar-refractivity contribution is 0.102. The summed E-state index contributed by atoms with van der Waals surface area (Å²) in [6.07, 6.45) is 0. The summed E-state index contributed by atoms with van der Waals surface area (Å²) in [5.74, 6) is 1.27. The van der Waals surface area contributed by atoms with E-state index in [9.17, 15) is 4.79 Å². The molecule has 24 heavy (non-hydrogen) atoms. The van der Waals surface area contributed by atoms with Gasteiger partial charge in [-0.2, -0.15) is 0 Å². The Labute approximate surface area is 145 Å². The minimum absolute atomic E-state index is 0.181. The lowest BCUT2D eigenvalue weighted by Gasteiger charge is -2.08. The molecule has 0 unspecified atom stereocenters. The second kappa shape index (κ2) is 7.20. The topological polar surface area (TPSA) is 38.3 Å². The normalized spacial score (nSPS) is 10.2. The molecule has 0 saturated carbocycles. The lowest BCUT2D eigenvalue weighted by Crippen LogP contribution is -2.11. The summed E-state index contributed by atoms with van der Waals surface area (Å²) in [7, 11) is 0. The van der Waals surface area contributed by atoms with Gasteiger partial charge in [0.1, 0.15) is 11.5 Å². The van der Waals surface area contributed by atoms with Gasteiger partial charge in [-0.3, -0.25) is 4.79 Å². The maximum Gasteiger partial charge on any atom is 0.255 e. The van der Waals surface area contributed by atoms with Crippen molar-refractivity contribution in [2.45, 2.75) is 6.92 Å². The van der Waals surface area contributed by atoms with Crippen molar-refractivity contribution in [1.82, 2.24) is 0 Å². The highest BCUT2D eigenvalue weighted by Crippen LogP contribution is 2.23. The molecule has 0 radical (unpaired) electrons. The summed E-state index contributed by atoms with van der Waals surface area (Å²) in [5, 5.41) is 3.45. The second-order valence-electron chi connectivity index (χ2n) is 5.40. The summed E-state index contributed by atoms with van der Waals surface area (Å²) in [6.45, 7) is 2.01. The zero-order valence-corrected chi connectivity index (χ0v) is 13.9. The van der Waals surface area contributed by atoms with Crippen LogP contribution in [0.4, 0.5) is 5.69 Å². The van der Waals surface area contributed by atoms with Crippen molar-refractivity contribution in [1.29, 1.82) is 0 Å². The molecule has 3 rings (SSSR count). The first kappa shape index (κ1) is 16.1. The fraction of sp³-hybridized carbons (Fsp3) is 0.0500. The zero-order chi connectivity index (χ0) is 16.9. The average molecular weight is 338 g/mol. The van der Waals surface area contributed by atoms with E-state index in [0.717, 1.165) is 11.3 Å². The Balaban J connectivity index is 1.67. The van der Waals surface area contributed by atoms with Crippen LogP contribution in [0.5, 0.6) is 11.5 Å². The van der Waals surface area contributed by atoms with Gasteiger partial charge in [0.15, 0.2) is 0 Å². The van der Waals surface area contributed by atoms with Crippen LogP contribution in [0.15, 0.2) is 72.8 Å². The zero-order valence-electron chi connectivity index (χ0n) is 13.1. The van der Waals surface area contributed by atoms with Gasteiger partial charge in [-0.05, 0) is 73.2 Å². The van der Waals surface area contributed by atoms with E-state index in [2.05, 4.69) is 5.32 Å². The molecule has 1 N–H and O–H groups in total. The SMILES string of the molecule is Cc1cccc(Oc2ccc(C(=O)Nc3ccc(Cl)cc3)cc2)c1. The number of carbonyl (C=O) groups is 1. The van der Waals surface area contributed by atoms with Crippen molar-refractivity contribution in [2.75, 3.05) is 5.32 Å². The van der Waals surface area contributed by atoms with E-state index in [4.69, 9.17) is 16.3 Å². The average Bonchev–Trinajstić information content (AvgIpc) is 2.57. The van der Waals surface area contributed by atoms with Crippen LogP contribution in [0.25, 0.3) is 0 Å². The summed E-state index contributed by atoms with van der Waals surface area (Å²) in [4.78, 5) is 12.2. The Morgan fingerprint density at radius 1 is 0.917 bits per heavy atom. The molecule has 0 aliphatic carbocycles. The highest BCUT2D eigenvalue weighted by molar-refractivity contribution is 6.30. The predicted octanol–water partition coefficient (Wildman–Crippen LogP) is 5.69. The highest BCUT2D eigenvalue weighted by Gasteiger charge is 2.07. The van der Waals surface area contributed by atoms with Crippen LogP contribution in [-0.2, 0) is 0 Å². The van der Waals surface area contributed by atoms with Crippen molar-refractivity contribution < 1.29 is 9.53 Å². The molecule has 0 heterocycles. The summed E-state index contributed by atoms with van der Waals surface area (Å²) in [5.41, 5.74) is 2.39. The monoisotopic (exact) mass is 337 g/mol. The molecule has 0 aliphatic heterocycles. The minimum atomic E-state index is -0.181. The van der Waals surface area contributed by atoms with Crippen molar-refractivity contribution in [3.8, 4) is 11.5 Å². The van der Waals surface area contributed by atoms with Gasteiger partial charge in [0.25, 0.3) is 5.91 Å². The number of benzene rings is 3. The van der Waals surface area contributed by atoms with Gasteiger partial charge in [-0.25, -0.2) is 0 Å². The smallest absolute Gasteiger partial charge is 0.255 e. The van der Waals surface area contributed by atoms with Gasteiger partial charge in [-0.15, -0.1) is 0 Å². The van der Waals surface area contributed by atoms with Gasteiger partial charge in [0.2, 0.25) is 0 Å². The number of nitrogens with one attached hydrogen (secondary N) is 1. The lowest BCUT2D eigenvalue weighted by atomic mass is 10.2. The van der Waals surface area contributed by atoms with Crippen molar-refractivity contribution in [3.63, 3.8) is 0 Å². The van der Waals surface area contributed by atoms with Crippen LogP contribution in [-0.4, -0.2) is 5.91 Å². The molecule has 0 fully saturated rings. The number of carbonyl (C=O) groups excluding carboxylic acids is 1. The first-order valence-electron chi connectivity index (χ1n) is 7.52. The van der Waals surface area contributed by atoms with Crippen LogP contribution >= 0.6 is 11.6 Å². The summed E-state index contributed by atoms with van der Waals surface area (Å²) < 4.78 is 5.78. The van der Waals surface area contributed by atoms with Crippen LogP contribution in [0.2, 0.25) is 5.02 Å². The van der Waals surface area contributed by atoms with Gasteiger partial charge in [-0.1, -0.05) is 23.7 Å². The molecule has 0 aliphatic rings. The number of halogens is 1. The van der Waals surface area contributed by atoms with Crippen LogP contribution < -0.4 is 10.1 Å². The number of rotatable bonds is 4. The molecule has 0 aromatic heterocycles. The number of aryl methyl sites for hydroxylation is 1. The number of anilines is 1. The van der Waals surface area contributed by atoms with Crippen molar-refractivity contribution >= 4 is 23.2 Å². The molecule has 4 heteroatoms. The molecule has 120 valence electrons. The largest absolute Gasteiger partial charge is 0.457 e. The molecule has 0 atom stereocenters. The molecule has 3 aromatic rings. The Kier molecular flexibility index (Phi) is 4.82. The predicted molar refractivity (Wildman–Crippen MR) is 97.1 cm³/mol. The third-order valence-electron chi connectivity index (χ3n) is 3.44. The third-order valence-corrected chi connectivity index (χ3v) is 3.70. The molecule has 0 spiro atoms. The van der Waals surface area contributed by atoms with E-state index in [0.29, 0.717) is 22.0 Å². The minimum Gasteiger partial charge on any atom is -0.457 e. The van der Waals surface area contributed by atoms with Gasteiger partial charge >= 0.3 is 0 Å². The van der Waals surface area contributed by atoms with Crippen LogP contribution in [0.1, 0.15) is 15.9 Å². The molecular weight excluding hydrogens is 322 g/mol. The number of hydrogen-bond donors (Lipinski definition) is 1. The fourth-order valence-corrected chi connectivity index (χ4v) is 2.35. The Bertz CT molecular complexity index is 842. The standard InChI is InChI=1S/C20H16ClNO2/c1-14-3-2-4-19(13-14)24-18-11-5-15(6-12-18)20(23)22-17-9-7-16(21)8-10-17/h2-13H,1H3,(H,22,23). The van der Waals surface area contributed by atoms with E-state index in [1.807, 2.05) is 31.2 Å². The quantitative estimate of drug-likeness (QED) is 0.663. The Morgan fingerprint density at radius 3 is 2.29 bits per heavy atom. The van der Waals surface area contributed by atoms with E-state index < -0.39 is 0 Å². The van der Waals surface area contributed by atoms with Crippen LogP contribution in [0.3, 0.4) is 0 Å². The van der Waals surface area contributed by atoms with Crippen molar-refractivity contribution in [2.24, 2.45) is 0 Å². The number of hydrogen-bond acceptors (Lipinski definition) is 2. The summed E-state index contributed by atoms with van der Waals surface area (Å²) >= 11 is 5.83. The molecule has 3 nitrogen and oxygen atoms in total. The van der Waals surface area contributed by atoms with Gasteiger partial charge in [0, 0.05) is 16.3 Å². The van der Waals surface area contributed by atoms with E-state index in [1.54, 1.807) is 48.5 Å². The Morgan fingerprint density at radius 2 is 1.62 bits per heavy atom. The van der Waals surface area contributed by atoms with Crippen molar-refractivity contribution in [3.05, 3.63) is 88.9 Å². The fourth-order valence-electron chi connectivity index (χ4n) is 2.23. The molecule has 3 aromatic carbocycles. The van der Waals surface area contributed by atoms with Gasteiger partial charge < -0.3 is 10.1 Å². The highest BCUT2D eigenvalue weighted by atomic mass is 35.5. The molecule has 0 bridgehead atoms. The Hall–Kier alpha value is -2.78. The van der Waals surface area contributed by atoms with E-state index >= 15 is 0 Å². The second-order valence-corrected chi connectivity index (χ2v) is 5.84. The summed E-state index contributed by atoms with van der Waals surface area (Å²) in [6, 6.07) is 21.8. The molecular formula is C20H16ClNO2. The first-order valence-corrected chi connectivity index (χ1v) is 7.89. The molecule has 1 amide bonds. The number of amides is 1. The molecule has 0 saturated heterocycles. The maximum absolute atomic E-state index is 12.2. The first-order chi connectivity index (χ1) is 11.6. The third kappa shape index (κ3) is 4.15.